The van der Waals surface area contributed by atoms with E-state index in [9.17, 15) is 5.11 Å². The van der Waals surface area contributed by atoms with Gasteiger partial charge in [-0.2, -0.15) is 0 Å². The molecule has 0 amide bonds. The molecule has 0 saturated carbocycles. The Morgan fingerprint density at radius 2 is 1.08 bits per heavy atom. The van der Waals surface area contributed by atoms with E-state index in [1.54, 1.807) is 6.07 Å². The molecule has 3 aromatic carbocycles. The minimum absolute atomic E-state index is 0.117. The minimum Gasteiger partial charge on any atom is -0.376 e. The molecule has 5 heteroatoms. The maximum atomic E-state index is 11.7. The average molecular weight is 398 g/mol. The van der Waals surface area contributed by atoms with Crippen LogP contribution in [0.4, 0.5) is 0 Å². The van der Waals surface area contributed by atoms with Crippen molar-refractivity contribution in [2.24, 2.45) is 0 Å². The monoisotopic (exact) mass is 396 g/mol. The Bertz CT molecular complexity index is 824. The van der Waals surface area contributed by atoms with Gasteiger partial charge < -0.3 is 5.11 Å². The number of hydrogen-bond donors (Lipinski definition) is 1. The van der Waals surface area contributed by atoms with E-state index in [0.29, 0.717) is 16.7 Å². The normalized spacial score (nSPS) is 11.5. The van der Waals surface area contributed by atoms with Crippen LogP contribution < -0.4 is 0 Å². The van der Waals surface area contributed by atoms with E-state index < -0.39 is 5.60 Å². The first kappa shape index (κ1) is 17.6. The fraction of sp³-hybridized carbons (Fsp3) is 0.0526. The molecule has 3 rings (SSSR count). The summed E-state index contributed by atoms with van der Waals surface area (Å²) >= 11 is 24.9. The lowest BCUT2D eigenvalue weighted by molar-refractivity contribution is 0.126. The Balaban J connectivity index is 2.36. The molecule has 122 valence electrons. The second kappa shape index (κ2) is 6.95. The maximum Gasteiger partial charge on any atom is 0.142 e. The molecule has 0 atom stereocenters. The summed E-state index contributed by atoms with van der Waals surface area (Å²) in [6, 6.07) is 20.0. The Morgan fingerprint density at radius 3 is 1.54 bits per heavy atom. The SMILES string of the molecule is OC(c1ccccc1)(c1ccccc1)c1cc(Cl)c(Cl)c(Cl)c1Cl. The quantitative estimate of drug-likeness (QED) is 0.300. The zero-order chi connectivity index (χ0) is 17.3. The zero-order valence-corrected chi connectivity index (χ0v) is 15.3. The number of hydrogen-bond acceptors (Lipinski definition) is 1. The standard InChI is InChI=1S/C19H12Cl4O/c20-15-11-14(16(21)18(23)17(15)22)19(24,12-7-3-1-4-8-12)13-9-5-2-6-10-13/h1-11,24H. The van der Waals surface area contributed by atoms with Crippen LogP contribution >= 0.6 is 46.4 Å². The Labute approximate surface area is 160 Å². The molecule has 0 radical (unpaired) electrons. The molecule has 0 aliphatic rings. The number of halogens is 4. The lowest BCUT2D eigenvalue weighted by Crippen LogP contribution is -2.29. The van der Waals surface area contributed by atoms with Gasteiger partial charge in [-0.05, 0) is 17.2 Å². The molecule has 0 heterocycles. The van der Waals surface area contributed by atoms with E-state index in [1.165, 1.54) is 0 Å². The minimum atomic E-state index is -1.52. The van der Waals surface area contributed by atoms with Gasteiger partial charge >= 0.3 is 0 Å². The summed E-state index contributed by atoms with van der Waals surface area (Å²) in [7, 11) is 0. The van der Waals surface area contributed by atoms with Gasteiger partial charge in [-0.3, -0.25) is 0 Å². The molecular weight excluding hydrogens is 386 g/mol. The molecular formula is C19H12Cl4O. The van der Waals surface area contributed by atoms with Gasteiger partial charge in [0.05, 0.1) is 20.1 Å². The zero-order valence-electron chi connectivity index (χ0n) is 12.3. The summed E-state index contributed by atoms with van der Waals surface area (Å²) in [6.07, 6.45) is 0. The van der Waals surface area contributed by atoms with E-state index in [4.69, 9.17) is 46.4 Å². The number of aliphatic hydroxyl groups is 1. The Morgan fingerprint density at radius 1 is 0.625 bits per heavy atom. The number of benzene rings is 3. The summed E-state index contributed by atoms with van der Waals surface area (Å²) in [5.74, 6) is 0. The van der Waals surface area contributed by atoms with Crippen molar-refractivity contribution in [1.29, 1.82) is 0 Å². The summed E-state index contributed by atoms with van der Waals surface area (Å²) in [6.45, 7) is 0. The predicted molar refractivity (Wildman–Crippen MR) is 101 cm³/mol. The first-order chi connectivity index (χ1) is 11.5. The highest BCUT2D eigenvalue weighted by Crippen LogP contribution is 2.46. The van der Waals surface area contributed by atoms with Gasteiger partial charge in [-0.25, -0.2) is 0 Å². The van der Waals surface area contributed by atoms with Crippen molar-refractivity contribution in [1.82, 2.24) is 0 Å². The van der Waals surface area contributed by atoms with Crippen LogP contribution in [-0.4, -0.2) is 5.11 Å². The topological polar surface area (TPSA) is 20.2 Å². The van der Waals surface area contributed by atoms with Crippen molar-refractivity contribution in [2.75, 3.05) is 0 Å². The molecule has 0 fully saturated rings. The Kier molecular flexibility index (Phi) is 5.10. The summed E-state index contributed by atoms with van der Waals surface area (Å²) in [5.41, 5.74) is 0.151. The molecule has 0 spiro atoms. The molecule has 0 aliphatic heterocycles. The molecule has 0 bridgehead atoms. The van der Waals surface area contributed by atoms with Crippen molar-refractivity contribution >= 4 is 46.4 Å². The molecule has 0 aromatic heterocycles. The molecule has 0 aliphatic carbocycles. The van der Waals surface area contributed by atoms with Crippen molar-refractivity contribution < 1.29 is 5.11 Å². The molecule has 24 heavy (non-hydrogen) atoms. The van der Waals surface area contributed by atoms with Gasteiger partial charge in [0.2, 0.25) is 0 Å². The molecule has 0 unspecified atom stereocenters. The fourth-order valence-corrected chi connectivity index (χ4v) is 3.61. The molecule has 0 saturated heterocycles. The van der Waals surface area contributed by atoms with Crippen LogP contribution in [-0.2, 0) is 5.60 Å². The largest absolute Gasteiger partial charge is 0.376 e. The second-order valence-corrected chi connectivity index (χ2v) is 6.83. The molecule has 1 N–H and O–H groups in total. The van der Waals surface area contributed by atoms with Crippen molar-refractivity contribution in [2.45, 2.75) is 5.60 Å². The van der Waals surface area contributed by atoms with Crippen LogP contribution in [0.3, 0.4) is 0 Å². The van der Waals surface area contributed by atoms with E-state index in [2.05, 4.69) is 0 Å². The molecule has 1 nitrogen and oxygen atoms in total. The van der Waals surface area contributed by atoms with Crippen LogP contribution in [0.2, 0.25) is 20.1 Å². The van der Waals surface area contributed by atoms with Gasteiger partial charge in [0, 0.05) is 5.56 Å². The van der Waals surface area contributed by atoms with Crippen LogP contribution in [0.1, 0.15) is 16.7 Å². The average Bonchev–Trinajstić information content (AvgIpc) is 2.64. The van der Waals surface area contributed by atoms with Crippen molar-refractivity contribution in [3.8, 4) is 0 Å². The van der Waals surface area contributed by atoms with E-state index in [-0.39, 0.29) is 20.1 Å². The lowest BCUT2D eigenvalue weighted by atomic mass is 9.80. The van der Waals surface area contributed by atoms with E-state index in [0.717, 1.165) is 0 Å². The predicted octanol–water partition coefficient (Wildman–Crippen LogP) is 6.58. The van der Waals surface area contributed by atoms with Gasteiger partial charge in [0.1, 0.15) is 5.60 Å². The number of rotatable bonds is 3. The van der Waals surface area contributed by atoms with Crippen LogP contribution in [0.5, 0.6) is 0 Å². The van der Waals surface area contributed by atoms with Crippen LogP contribution in [0, 0.1) is 0 Å². The third kappa shape index (κ3) is 2.92. The van der Waals surface area contributed by atoms with E-state index in [1.807, 2.05) is 60.7 Å². The smallest absolute Gasteiger partial charge is 0.142 e. The first-order valence-corrected chi connectivity index (χ1v) is 8.64. The second-order valence-electron chi connectivity index (χ2n) is 5.29. The van der Waals surface area contributed by atoms with Gasteiger partial charge in [-0.15, -0.1) is 0 Å². The Hall–Kier alpha value is -1.22. The van der Waals surface area contributed by atoms with Gasteiger partial charge in [-0.1, -0.05) is 107 Å². The fourth-order valence-electron chi connectivity index (χ4n) is 2.67. The summed E-state index contributed by atoms with van der Waals surface area (Å²) in [5, 5.41) is 12.4. The lowest BCUT2D eigenvalue weighted by Gasteiger charge is -2.31. The van der Waals surface area contributed by atoms with Gasteiger partial charge in [0.15, 0.2) is 0 Å². The third-order valence-corrected chi connectivity index (χ3v) is 5.63. The van der Waals surface area contributed by atoms with Crippen molar-refractivity contribution in [3.63, 3.8) is 0 Å². The van der Waals surface area contributed by atoms with Gasteiger partial charge in [0.25, 0.3) is 0 Å². The highest BCUT2D eigenvalue weighted by Gasteiger charge is 2.37. The van der Waals surface area contributed by atoms with E-state index >= 15 is 0 Å². The van der Waals surface area contributed by atoms with Crippen LogP contribution in [0.25, 0.3) is 0 Å². The highest BCUT2D eigenvalue weighted by atomic mass is 35.5. The van der Waals surface area contributed by atoms with Crippen LogP contribution in [0.15, 0.2) is 66.7 Å². The first-order valence-electron chi connectivity index (χ1n) is 7.13. The highest BCUT2D eigenvalue weighted by molar-refractivity contribution is 6.52. The maximum absolute atomic E-state index is 11.7. The third-order valence-electron chi connectivity index (χ3n) is 3.88. The summed E-state index contributed by atoms with van der Waals surface area (Å²) < 4.78 is 0. The summed E-state index contributed by atoms with van der Waals surface area (Å²) in [4.78, 5) is 0. The molecule has 3 aromatic rings. The van der Waals surface area contributed by atoms with Crippen molar-refractivity contribution in [3.05, 3.63) is 104 Å².